The van der Waals surface area contributed by atoms with E-state index in [0.29, 0.717) is 28.3 Å². The lowest BCUT2D eigenvalue weighted by molar-refractivity contribution is 0.107. The summed E-state index contributed by atoms with van der Waals surface area (Å²) >= 11 is 3.27. The van der Waals surface area contributed by atoms with Crippen LogP contribution in [-0.4, -0.2) is 40.8 Å². The Morgan fingerprint density at radius 2 is 2.24 bits per heavy atom. The summed E-state index contributed by atoms with van der Waals surface area (Å²) in [6.07, 6.45) is 2.57. The van der Waals surface area contributed by atoms with Crippen LogP contribution in [0.3, 0.4) is 0 Å². The van der Waals surface area contributed by atoms with Crippen molar-refractivity contribution in [2.45, 2.75) is 25.4 Å². The van der Waals surface area contributed by atoms with Crippen LogP contribution in [0.2, 0.25) is 0 Å². The number of nitrogens with one attached hydrogen (secondary N) is 1. The van der Waals surface area contributed by atoms with E-state index in [1.165, 1.54) is 12.8 Å². The Morgan fingerprint density at radius 3 is 3.10 bits per heavy atom. The van der Waals surface area contributed by atoms with E-state index in [4.69, 9.17) is 8.83 Å². The molecule has 0 spiro atoms. The minimum Gasteiger partial charge on any atom is -0.444 e. The average Bonchev–Trinajstić information content (AvgIpc) is 3.18. The average molecular weight is 353 g/mol. The van der Waals surface area contributed by atoms with E-state index in [0.717, 1.165) is 32.1 Å². The third-order valence-electron chi connectivity index (χ3n) is 4.38. The molecule has 2 saturated heterocycles. The van der Waals surface area contributed by atoms with Crippen LogP contribution in [-0.2, 0) is 6.54 Å². The molecule has 0 aliphatic carbocycles. The molecule has 2 atom stereocenters. The molecule has 0 amide bonds. The Balaban J connectivity index is 1.48. The normalized spacial score (nSPS) is 26.1. The third-order valence-corrected chi connectivity index (χ3v) is 4.81. The van der Waals surface area contributed by atoms with E-state index >= 15 is 0 Å². The van der Waals surface area contributed by atoms with Crippen LogP contribution in [0.4, 0.5) is 0 Å². The molecular weight excluding hydrogens is 336 g/mol. The minimum absolute atomic E-state index is 0.439. The van der Waals surface area contributed by atoms with Crippen molar-refractivity contribution in [3.05, 3.63) is 22.7 Å². The first kappa shape index (κ1) is 13.5. The highest BCUT2D eigenvalue weighted by Gasteiger charge is 2.35. The largest absolute Gasteiger partial charge is 0.444 e. The fourth-order valence-corrected chi connectivity index (χ4v) is 3.69. The van der Waals surface area contributed by atoms with Gasteiger partial charge in [0.1, 0.15) is 0 Å². The molecule has 2 unspecified atom stereocenters. The summed E-state index contributed by atoms with van der Waals surface area (Å²) in [6, 6.07) is 4.24. The van der Waals surface area contributed by atoms with Gasteiger partial charge in [-0.2, -0.15) is 0 Å². The molecule has 2 aliphatic rings. The third kappa shape index (κ3) is 2.65. The zero-order chi connectivity index (χ0) is 14.2. The van der Waals surface area contributed by atoms with Crippen molar-refractivity contribution in [1.29, 1.82) is 0 Å². The van der Waals surface area contributed by atoms with Crippen LogP contribution < -0.4 is 5.32 Å². The number of piperidine rings is 1. The van der Waals surface area contributed by atoms with Crippen LogP contribution in [0.5, 0.6) is 0 Å². The molecule has 4 heterocycles. The number of halogens is 1. The fourth-order valence-electron chi connectivity index (χ4n) is 3.38. The molecule has 0 aromatic carbocycles. The standard InChI is InChI=1S/C14H17BrN4O2/c15-12-4-3-11(20-12)14-18-17-13(21-14)8-19-5-1-2-9-6-16-7-10(9)19/h3-4,9-10,16H,1-2,5-8H2. The van der Waals surface area contributed by atoms with Crippen LogP contribution >= 0.6 is 15.9 Å². The number of likely N-dealkylation sites (tertiary alicyclic amines) is 1. The summed E-state index contributed by atoms with van der Waals surface area (Å²) in [6.45, 7) is 4.03. The molecule has 21 heavy (non-hydrogen) atoms. The quantitative estimate of drug-likeness (QED) is 0.913. The van der Waals surface area contributed by atoms with Crippen molar-refractivity contribution < 1.29 is 8.83 Å². The number of nitrogens with zero attached hydrogens (tertiary/aromatic N) is 3. The molecule has 0 saturated carbocycles. The van der Waals surface area contributed by atoms with Crippen molar-refractivity contribution >= 4 is 15.9 Å². The van der Waals surface area contributed by atoms with Crippen molar-refractivity contribution in [2.24, 2.45) is 5.92 Å². The van der Waals surface area contributed by atoms with Gasteiger partial charge in [-0.15, -0.1) is 10.2 Å². The van der Waals surface area contributed by atoms with Crippen LogP contribution in [0, 0.1) is 5.92 Å². The molecule has 4 rings (SSSR count). The number of aromatic nitrogens is 2. The Bertz CT molecular complexity index is 626. The van der Waals surface area contributed by atoms with E-state index in [-0.39, 0.29) is 0 Å². The predicted octanol–water partition coefficient (Wildman–Crippen LogP) is 2.28. The highest BCUT2D eigenvalue weighted by atomic mass is 79.9. The summed E-state index contributed by atoms with van der Waals surface area (Å²) in [5, 5.41) is 11.7. The Labute approximate surface area is 131 Å². The maximum Gasteiger partial charge on any atom is 0.283 e. The zero-order valence-corrected chi connectivity index (χ0v) is 13.2. The van der Waals surface area contributed by atoms with Gasteiger partial charge in [-0.3, -0.25) is 4.90 Å². The Kier molecular flexibility index (Phi) is 3.56. The predicted molar refractivity (Wildman–Crippen MR) is 79.5 cm³/mol. The lowest BCUT2D eigenvalue weighted by Gasteiger charge is -2.35. The topological polar surface area (TPSA) is 67.3 Å². The summed E-state index contributed by atoms with van der Waals surface area (Å²) in [7, 11) is 0. The summed E-state index contributed by atoms with van der Waals surface area (Å²) in [5.74, 6) is 2.46. The highest BCUT2D eigenvalue weighted by molar-refractivity contribution is 9.10. The van der Waals surface area contributed by atoms with Gasteiger partial charge < -0.3 is 14.2 Å². The first-order valence-electron chi connectivity index (χ1n) is 7.32. The second-order valence-corrected chi connectivity index (χ2v) is 6.48. The first-order chi connectivity index (χ1) is 10.3. The van der Waals surface area contributed by atoms with Crippen molar-refractivity contribution in [1.82, 2.24) is 20.4 Å². The molecule has 1 N–H and O–H groups in total. The van der Waals surface area contributed by atoms with Gasteiger partial charge in [-0.05, 0) is 59.9 Å². The summed E-state index contributed by atoms with van der Waals surface area (Å²) < 4.78 is 11.8. The van der Waals surface area contributed by atoms with E-state index in [9.17, 15) is 0 Å². The zero-order valence-electron chi connectivity index (χ0n) is 11.6. The number of furan rings is 1. The van der Waals surface area contributed by atoms with Gasteiger partial charge in [0, 0.05) is 12.6 Å². The summed E-state index contributed by atoms with van der Waals surface area (Å²) in [5.41, 5.74) is 0. The second-order valence-electron chi connectivity index (χ2n) is 5.70. The number of hydrogen-bond acceptors (Lipinski definition) is 6. The van der Waals surface area contributed by atoms with Crippen molar-refractivity contribution in [3.63, 3.8) is 0 Å². The maximum absolute atomic E-state index is 5.74. The smallest absolute Gasteiger partial charge is 0.283 e. The molecule has 0 bridgehead atoms. The van der Waals surface area contributed by atoms with Gasteiger partial charge in [-0.25, -0.2) is 0 Å². The van der Waals surface area contributed by atoms with Crippen LogP contribution in [0.15, 0.2) is 25.6 Å². The van der Waals surface area contributed by atoms with Crippen LogP contribution in [0.1, 0.15) is 18.7 Å². The van der Waals surface area contributed by atoms with E-state index in [1.54, 1.807) is 0 Å². The second kappa shape index (κ2) is 5.55. The molecule has 112 valence electrons. The Hall–Kier alpha value is -1.18. The number of rotatable bonds is 3. The van der Waals surface area contributed by atoms with Gasteiger partial charge >= 0.3 is 0 Å². The van der Waals surface area contributed by atoms with E-state index < -0.39 is 0 Å². The van der Waals surface area contributed by atoms with Gasteiger partial charge in [0.25, 0.3) is 5.89 Å². The molecule has 2 aromatic rings. The monoisotopic (exact) mass is 352 g/mol. The highest BCUT2D eigenvalue weighted by Crippen LogP contribution is 2.28. The lowest BCUT2D eigenvalue weighted by Crippen LogP contribution is -2.44. The molecule has 2 aromatic heterocycles. The van der Waals surface area contributed by atoms with Gasteiger partial charge in [0.15, 0.2) is 10.4 Å². The lowest BCUT2D eigenvalue weighted by atomic mass is 9.92. The van der Waals surface area contributed by atoms with Crippen molar-refractivity contribution in [2.75, 3.05) is 19.6 Å². The van der Waals surface area contributed by atoms with Crippen LogP contribution in [0.25, 0.3) is 11.7 Å². The molecular formula is C14H17BrN4O2. The maximum atomic E-state index is 5.74. The van der Waals surface area contributed by atoms with Gasteiger partial charge in [-0.1, -0.05) is 0 Å². The number of hydrogen-bond donors (Lipinski definition) is 1. The first-order valence-corrected chi connectivity index (χ1v) is 8.12. The fraction of sp³-hybridized carbons (Fsp3) is 0.571. The molecule has 2 fully saturated rings. The van der Waals surface area contributed by atoms with E-state index in [1.807, 2.05) is 12.1 Å². The minimum atomic E-state index is 0.439. The van der Waals surface area contributed by atoms with Crippen molar-refractivity contribution in [3.8, 4) is 11.7 Å². The SMILES string of the molecule is Brc1ccc(-c2nnc(CN3CCCC4CNCC43)o2)o1. The molecule has 0 radical (unpaired) electrons. The molecule has 7 heteroatoms. The summed E-state index contributed by atoms with van der Waals surface area (Å²) in [4.78, 5) is 2.46. The molecule has 2 aliphatic heterocycles. The van der Waals surface area contributed by atoms with Gasteiger partial charge in [0.2, 0.25) is 5.89 Å². The number of fused-ring (bicyclic) bond motifs is 1. The van der Waals surface area contributed by atoms with E-state index in [2.05, 4.69) is 36.3 Å². The Morgan fingerprint density at radius 1 is 1.29 bits per heavy atom. The molecule has 6 nitrogen and oxygen atoms in total. The van der Waals surface area contributed by atoms with Gasteiger partial charge in [0.05, 0.1) is 6.54 Å².